The van der Waals surface area contributed by atoms with E-state index in [-0.39, 0.29) is 5.78 Å². The summed E-state index contributed by atoms with van der Waals surface area (Å²) in [4.78, 5) is 11.2. The van der Waals surface area contributed by atoms with Crippen LogP contribution in [-0.2, 0) is 4.79 Å². The van der Waals surface area contributed by atoms with Crippen molar-refractivity contribution < 1.29 is 4.79 Å². The summed E-state index contributed by atoms with van der Waals surface area (Å²) in [6.07, 6.45) is 3.66. The molecule has 0 aromatic rings. The lowest BCUT2D eigenvalue weighted by Crippen LogP contribution is -2.13. The van der Waals surface area contributed by atoms with Gasteiger partial charge in [0.25, 0.3) is 0 Å². The highest BCUT2D eigenvalue weighted by Gasteiger charge is 2.19. The molecule has 0 saturated heterocycles. The highest BCUT2D eigenvalue weighted by atomic mass is 127. The summed E-state index contributed by atoms with van der Waals surface area (Å²) in [5.41, 5.74) is 0.916. The fourth-order valence-electron chi connectivity index (χ4n) is 1.14. The van der Waals surface area contributed by atoms with Crippen molar-refractivity contribution in [1.82, 2.24) is 0 Å². The first-order chi connectivity index (χ1) is 5.11. The Balaban J connectivity index is 2.70. The fourth-order valence-corrected chi connectivity index (χ4v) is 1.61. The minimum atomic E-state index is 0.277. The number of carbonyl (C=O) groups is 1. The van der Waals surface area contributed by atoms with Gasteiger partial charge in [0.05, 0.1) is 0 Å². The van der Waals surface area contributed by atoms with Crippen molar-refractivity contribution in [2.24, 2.45) is 5.92 Å². The SMILES string of the molecule is C=C(I)[C@@H]1CC=C(C)C(=O)C1. The maximum atomic E-state index is 11.2. The van der Waals surface area contributed by atoms with Gasteiger partial charge in [0.1, 0.15) is 0 Å². The molecule has 1 aliphatic carbocycles. The zero-order valence-corrected chi connectivity index (χ0v) is 8.72. The van der Waals surface area contributed by atoms with Crippen molar-refractivity contribution in [2.45, 2.75) is 19.8 Å². The van der Waals surface area contributed by atoms with Gasteiger partial charge >= 0.3 is 0 Å². The Morgan fingerprint density at radius 3 is 2.91 bits per heavy atom. The molecule has 1 nitrogen and oxygen atoms in total. The molecule has 11 heavy (non-hydrogen) atoms. The Labute approximate surface area is 80.7 Å². The molecule has 2 heteroatoms. The first-order valence-corrected chi connectivity index (χ1v) is 4.73. The van der Waals surface area contributed by atoms with E-state index in [2.05, 4.69) is 29.2 Å². The van der Waals surface area contributed by atoms with Gasteiger partial charge in [-0.3, -0.25) is 4.79 Å². The van der Waals surface area contributed by atoms with Gasteiger partial charge in [-0.25, -0.2) is 0 Å². The Morgan fingerprint density at radius 1 is 1.82 bits per heavy atom. The molecule has 0 N–H and O–H groups in total. The molecule has 1 aliphatic rings. The lowest BCUT2D eigenvalue weighted by atomic mass is 9.89. The number of ketones is 1. The lowest BCUT2D eigenvalue weighted by Gasteiger charge is -2.17. The molecule has 60 valence electrons. The van der Waals surface area contributed by atoms with Crippen LogP contribution >= 0.6 is 22.6 Å². The fraction of sp³-hybridized carbons (Fsp3) is 0.444. The number of Topliss-reactive ketones (excluding diaryl/α,β-unsaturated/α-hetero) is 1. The van der Waals surface area contributed by atoms with E-state index in [4.69, 9.17) is 0 Å². The topological polar surface area (TPSA) is 17.1 Å². The third kappa shape index (κ3) is 2.15. The van der Waals surface area contributed by atoms with Crippen LogP contribution in [0.15, 0.2) is 21.8 Å². The van der Waals surface area contributed by atoms with Gasteiger partial charge in [0.15, 0.2) is 5.78 Å². The van der Waals surface area contributed by atoms with E-state index in [0.29, 0.717) is 12.3 Å². The average Bonchev–Trinajstić information content (AvgIpc) is 1.94. The zero-order valence-electron chi connectivity index (χ0n) is 6.56. The van der Waals surface area contributed by atoms with Crippen LogP contribution in [0.25, 0.3) is 0 Å². The highest BCUT2D eigenvalue weighted by Crippen LogP contribution is 2.29. The molecule has 0 aromatic heterocycles. The molecule has 0 radical (unpaired) electrons. The zero-order chi connectivity index (χ0) is 8.43. The summed E-state index contributed by atoms with van der Waals surface area (Å²) in [6.45, 7) is 5.73. The predicted molar refractivity (Wildman–Crippen MR) is 54.6 cm³/mol. The summed E-state index contributed by atoms with van der Waals surface area (Å²) in [6, 6.07) is 0. The van der Waals surface area contributed by atoms with E-state index in [9.17, 15) is 4.79 Å². The molecule has 0 aliphatic heterocycles. The van der Waals surface area contributed by atoms with E-state index < -0.39 is 0 Å². The minimum absolute atomic E-state index is 0.277. The third-order valence-electron chi connectivity index (χ3n) is 2.02. The number of allylic oxidation sites excluding steroid dienone is 3. The smallest absolute Gasteiger partial charge is 0.158 e. The first-order valence-electron chi connectivity index (χ1n) is 3.65. The van der Waals surface area contributed by atoms with E-state index in [0.717, 1.165) is 15.6 Å². The third-order valence-corrected chi connectivity index (χ3v) is 2.90. The van der Waals surface area contributed by atoms with Crippen LogP contribution < -0.4 is 0 Å². The Bertz CT molecular complexity index is 228. The summed E-state index contributed by atoms with van der Waals surface area (Å²) in [5.74, 6) is 0.658. The van der Waals surface area contributed by atoms with Crippen molar-refractivity contribution in [2.75, 3.05) is 0 Å². The van der Waals surface area contributed by atoms with Crippen LogP contribution in [0.5, 0.6) is 0 Å². The molecule has 0 unspecified atom stereocenters. The van der Waals surface area contributed by atoms with Gasteiger partial charge in [0.2, 0.25) is 0 Å². The van der Waals surface area contributed by atoms with Gasteiger partial charge in [-0.05, 0) is 51.0 Å². The second kappa shape index (κ2) is 3.52. The average molecular weight is 262 g/mol. The summed E-state index contributed by atoms with van der Waals surface area (Å²) in [5, 5.41) is 0. The maximum absolute atomic E-state index is 11.2. The Kier molecular flexibility index (Phi) is 2.87. The number of carbonyl (C=O) groups excluding carboxylic acids is 1. The second-order valence-electron chi connectivity index (χ2n) is 2.89. The lowest BCUT2D eigenvalue weighted by molar-refractivity contribution is -0.116. The van der Waals surface area contributed by atoms with Gasteiger partial charge in [-0.2, -0.15) is 0 Å². The minimum Gasteiger partial charge on any atom is -0.295 e. The first kappa shape index (κ1) is 8.97. The quantitative estimate of drug-likeness (QED) is 0.664. The predicted octanol–water partition coefficient (Wildman–Crippen LogP) is 2.86. The van der Waals surface area contributed by atoms with E-state index in [1.54, 1.807) is 0 Å². The number of hydrogen-bond acceptors (Lipinski definition) is 1. The maximum Gasteiger partial charge on any atom is 0.158 e. The Hall–Kier alpha value is -0.120. The molecule has 1 rings (SSSR count). The van der Waals surface area contributed by atoms with Crippen molar-refractivity contribution in [1.29, 1.82) is 0 Å². The highest BCUT2D eigenvalue weighted by molar-refractivity contribution is 14.1. The molecular formula is C9H11IO. The van der Waals surface area contributed by atoms with Crippen molar-refractivity contribution in [3.8, 4) is 0 Å². The molecule has 0 fully saturated rings. The van der Waals surface area contributed by atoms with Gasteiger partial charge in [-0.15, -0.1) is 0 Å². The monoisotopic (exact) mass is 262 g/mol. The molecule has 0 amide bonds. The summed E-state index contributed by atoms with van der Waals surface area (Å²) >= 11 is 2.20. The van der Waals surface area contributed by atoms with Crippen molar-refractivity contribution in [3.05, 3.63) is 21.8 Å². The molecule has 1 atom stereocenters. The molecule has 0 saturated carbocycles. The number of halogens is 1. The largest absolute Gasteiger partial charge is 0.295 e. The van der Waals surface area contributed by atoms with Crippen molar-refractivity contribution in [3.63, 3.8) is 0 Å². The van der Waals surface area contributed by atoms with Gasteiger partial charge in [0, 0.05) is 6.42 Å². The van der Waals surface area contributed by atoms with Crippen LogP contribution in [0.2, 0.25) is 0 Å². The second-order valence-corrected chi connectivity index (χ2v) is 4.28. The molecule has 0 spiro atoms. The number of rotatable bonds is 1. The summed E-state index contributed by atoms with van der Waals surface area (Å²) in [7, 11) is 0. The number of hydrogen-bond donors (Lipinski definition) is 0. The molecule has 0 aromatic carbocycles. The summed E-state index contributed by atoms with van der Waals surface area (Å²) < 4.78 is 1.10. The Morgan fingerprint density at radius 2 is 2.45 bits per heavy atom. The van der Waals surface area contributed by atoms with Crippen LogP contribution in [0.3, 0.4) is 0 Å². The van der Waals surface area contributed by atoms with Crippen LogP contribution in [0, 0.1) is 5.92 Å². The van der Waals surface area contributed by atoms with Crippen LogP contribution in [-0.4, -0.2) is 5.78 Å². The standard InChI is InChI=1S/C9H11IO/c1-6-3-4-8(7(2)10)5-9(6)11/h3,8H,2,4-5H2,1H3/t8-/m1/s1. The van der Waals surface area contributed by atoms with Gasteiger partial charge in [-0.1, -0.05) is 12.7 Å². The van der Waals surface area contributed by atoms with Gasteiger partial charge < -0.3 is 0 Å². The van der Waals surface area contributed by atoms with E-state index in [1.807, 2.05) is 13.0 Å². The molecule has 0 heterocycles. The normalized spacial score (nSPS) is 24.7. The molecular weight excluding hydrogens is 251 g/mol. The van der Waals surface area contributed by atoms with E-state index in [1.165, 1.54) is 0 Å². The molecule has 0 bridgehead atoms. The van der Waals surface area contributed by atoms with Crippen LogP contribution in [0.1, 0.15) is 19.8 Å². The van der Waals surface area contributed by atoms with E-state index >= 15 is 0 Å². The van der Waals surface area contributed by atoms with Crippen LogP contribution in [0.4, 0.5) is 0 Å². The van der Waals surface area contributed by atoms with Crippen molar-refractivity contribution >= 4 is 28.4 Å².